The summed E-state index contributed by atoms with van der Waals surface area (Å²) in [6.45, 7) is -0.524. The number of hydrogen-bond donors (Lipinski definition) is 8. The summed E-state index contributed by atoms with van der Waals surface area (Å²) in [6, 6.07) is 2.90. The van der Waals surface area contributed by atoms with Crippen LogP contribution in [0.5, 0.6) is 5.75 Å². The summed E-state index contributed by atoms with van der Waals surface area (Å²) < 4.78 is 27.5. The van der Waals surface area contributed by atoms with Crippen molar-refractivity contribution in [1.29, 1.82) is 0 Å². The van der Waals surface area contributed by atoms with Crippen molar-refractivity contribution >= 4 is 29.1 Å². The van der Waals surface area contributed by atoms with E-state index in [-0.39, 0.29) is 23.2 Å². The monoisotopic (exact) mass is 570 g/mol. The summed E-state index contributed by atoms with van der Waals surface area (Å²) in [5.41, 5.74) is 10.6. The number of phenols is 1. The van der Waals surface area contributed by atoms with E-state index < -0.39 is 105 Å². The van der Waals surface area contributed by atoms with Gasteiger partial charge in [-0.05, 0) is 42.7 Å². The number of aliphatic hydroxyl groups is 3. The zero-order valence-corrected chi connectivity index (χ0v) is 21.1. The van der Waals surface area contributed by atoms with Gasteiger partial charge < -0.3 is 42.9 Å². The maximum absolute atomic E-state index is 13.9. The average molecular weight is 571 g/mol. The van der Waals surface area contributed by atoms with Gasteiger partial charge in [0.2, 0.25) is 5.78 Å². The van der Waals surface area contributed by atoms with Crippen molar-refractivity contribution in [2.45, 2.75) is 24.5 Å². The van der Waals surface area contributed by atoms with Crippen LogP contribution in [-0.4, -0.2) is 62.0 Å². The third kappa shape index (κ3) is 3.86. The number of rotatable bonds is 4. The SMILES string of the molecule is NC(=O)C1=C(O)[C@@H](N)[C@@H]2C[C@]3(CNC(=O)c4cc(F)cc(F)c4)Cc4c(N)ccc(O)c4C(=O)C3=C(O)[C@]2(O)C1=O. The third-order valence-corrected chi connectivity index (χ3v) is 8.11. The number of primary amides is 1. The fourth-order valence-corrected chi connectivity index (χ4v) is 6.18. The van der Waals surface area contributed by atoms with Crippen molar-refractivity contribution in [3.63, 3.8) is 0 Å². The van der Waals surface area contributed by atoms with Crippen molar-refractivity contribution in [3.8, 4) is 5.75 Å². The molecule has 12 nitrogen and oxygen atoms in total. The second-order valence-corrected chi connectivity index (χ2v) is 10.4. The number of carbonyl (C=O) groups is 4. The zero-order valence-electron chi connectivity index (χ0n) is 21.1. The Morgan fingerprint density at radius 3 is 2.32 bits per heavy atom. The number of nitrogens with one attached hydrogen (secondary N) is 1. The molecular weight excluding hydrogens is 546 g/mol. The Balaban J connectivity index is 1.70. The fourth-order valence-electron chi connectivity index (χ4n) is 6.18. The van der Waals surface area contributed by atoms with E-state index in [1.165, 1.54) is 6.07 Å². The van der Waals surface area contributed by atoms with Crippen LogP contribution in [0.2, 0.25) is 0 Å². The number of ketones is 2. The molecule has 0 heterocycles. The molecule has 3 aliphatic rings. The van der Waals surface area contributed by atoms with E-state index in [1.807, 2.05) is 0 Å². The number of hydrogen-bond acceptors (Lipinski definition) is 10. The number of Topliss-reactive ketones (excluding diaryl/α,β-unsaturated/α-hetero) is 2. The maximum atomic E-state index is 13.9. The normalized spacial score (nSPS) is 27.2. The fraction of sp³-hybridized carbons (Fsp3) is 0.259. The van der Waals surface area contributed by atoms with Crippen molar-refractivity contribution < 1.29 is 48.4 Å². The number of aromatic hydroxyl groups is 1. The standard InChI is InChI=1S/C27H24F2N4O8/c28-10-3-9(4-11(29)5-10)25(40)33-8-26-6-12-14(30)1-2-15(34)16(12)20(35)18(26)23(38)27(41)13(7-26)19(31)21(36)17(22(27)37)24(32)39/h1-5,13,19,34,36,38,41H,6-8,30-31H2,(H2,32,39)(H,33,40)/t13-,19-,26-,27+/m0/s1. The number of nitrogen functional groups attached to an aromatic ring is 1. The largest absolute Gasteiger partial charge is 0.510 e. The van der Waals surface area contributed by atoms with Gasteiger partial charge in [-0.1, -0.05) is 0 Å². The van der Waals surface area contributed by atoms with Crippen LogP contribution in [0.1, 0.15) is 32.7 Å². The molecule has 0 bridgehead atoms. The van der Waals surface area contributed by atoms with Gasteiger partial charge in [-0.25, -0.2) is 8.78 Å². The van der Waals surface area contributed by atoms with E-state index in [2.05, 4.69) is 5.32 Å². The molecule has 0 aromatic heterocycles. The summed E-state index contributed by atoms with van der Waals surface area (Å²) in [7, 11) is 0. The minimum absolute atomic E-state index is 0.0613. The first kappa shape index (κ1) is 27.7. The highest BCUT2D eigenvalue weighted by Gasteiger charge is 2.65. The Kier molecular flexibility index (Phi) is 6.16. The van der Waals surface area contributed by atoms with Gasteiger partial charge in [0.15, 0.2) is 11.4 Å². The second kappa shape index (κ2) is 9.11. The molecule has 14 heteroatoms. The molecular formula is C27H24F2N4O8. The molecule has 41 heavy (non-hydrogen) atoms. The van der Waals surface area contributed by atoms with Crippen molar-refractivity contribution in [1.82, 2.24) is 5.32 Å². The second-order valence-electron chi connectivity index (χ2n) is 10.4. The van der Waals surface area contributed by atoms with Crippen molar-refractivity contribution in [3.05, 3.63) is 81.3 Å². The van der Waals surface area contributed by atoms with Crippen LogP contribution in [-0.2, 0) is 16.0 Å². The van der Waals surface area contributed by atoms with E-state index in [1.54, 1.807) is 0 Å². The van der Waals surface area contributed by atoms with Gasteiger partial charge in [-0.3, -0.25) is 19.2 Å². The number of amides is 2. The highest BCUT2D eigenvalue weighted by molar-refractivity contribution is 6.25. The lowest BCUT2D eigenvalue weighted by Crippen LogP contribution is -2.66. The minimum Gasteiger partial charge on any atom is -0.510 e. The molecule has 0 radical (unpaired) electrons. The van der Waals surface area contributed by atoms with Crippen LogP contribution in [0.15, 0.2) is 53.0 Å². The first-order valence-electron chi connectivity index (χ1n) is 12.2. The zero-order chi connectivity index (χ0) is 30.2. The number of anilines is 1. The summed E-state index contributed by atoms with van der Waals surface area (Å²) >= 11 is 0. The third-order valence-electron chi connectivity index (χ3n) is 8.11. The summed E-state index contributed by atoms with van der Waals surface area (Å²) in [4.78, 5) is 52.1. The van der Waals surface area contributed by atoms with Crippen LogP contribution in [0.25, 0.3) is 0 Å². The van der Waals surface area contributed by atoms with Gasteiger partial charge in [0, 0.05) is 40.8 Å². The van der Waals surface area contributed by atoms with Gasteiger partial charge in [0.05, 0.1) is 11.6 Å². The number of fused-ring (bicyclic) bond motifs is 3. The lowest BCUT2D eigenvalue weighted by atomic mass is 9.52. The summed E-state index contributed by atoms with van der Waals surface area (Å²) in [5.74, 6) is -11.3. The van der Waals surface area contributed by atoms with E-state index >= 15 is 0 Å². The first-order chi connectivity index (χ1) is 19.1. The van der Waals surface area contributed by atoms with Crippen molar-refractivity contribution in [2.24, 2.45) is 22.8 Å². The lowest BCUT2D eigenvalue weighted by Gasteiger charge is -2.53. The molecule has 2 aromatic carbocycles. The molecule has 3 aliphatic carbocycles. The first-order valence-corrected chi connectivity index (χ1v) is 12.2. The van der Waals surface area contributed by atoms with Gasteiger partial charge >= 0.3 is 0 Å². The van der Waals surface area contributed by atoms with E-state index in [9.17, 15) is 48.4 Å². The van der Waals surface area contributed by atoms with E-state index in [4.69, 9.17) is 17.2 Å². The highest BCUT2D eigenvalue weighted by atomic mass is 19.1. The smallest absolute Gasteiger partial charge is 0.255 e. The van der Waals surface area contributed by atoms with Gasteiger partial charge in [0.25, 0.3) is 11.8 Å². The minimum atomic E-state index is -2.99. The lowest BCUT2D eigenvalue weighted by molar-refractivity contribution is -0.147. The van der Waals surface area contributed by atoms with E-state index in [0.29, 0.717) is 6.07 Å². The molecule has 0 saturated carbocycles. The molecule has 4 atom stereocenters. The Morgan fingerprint density at radius 1 is 1.07 bits per heavy atom. The Morgan fingerprint density at radius 2 is 1.71 bits per heavy atom. The number of carbonyl (C=O) groups excluding carboxylic acids is 4. The predicted octanol–water partition coefficient (Wildman–Crippen LogP) is 0.178. The summed E-state index contributed by atoms with van der Waals surface area (Å²) in [6.07, 6.45) is -0.712. The van der Waals surface area contributed by atoms with Crippen LogP contribution >= 0.6 is 0 Å². The molecule has 0 saturated heterocycles. The molecule has 2 aromatic rings. The maximum Gasteiger partial charge on any atom is 0.255 e. The molecule has 0 fully saturated rings. The van der Waals surface area contributed by atoms with Gasteiger partial charge in [0.1, 0.15) is 34.5 Å². The Labute approximate surface area is 229 Å². The van der Waals surface area contributed by atoms with Crippen LogP contribution in [0.3, 0.4) is 0 Å². The molecule has 0 unspecified atom stereocenters. The van der Waals surface area contributed by atoms with Crippen LogP contribution < -0.4 is 22.5 Å². The molecule has 0 spiro atoms. The predicted molar refractivity (Wildman–Crippen MR) is 136 cm³/mol. The van der Waals surface area contributed by atoms with Crippen LogP contribution in [0.4, 0.5) is 14.5 Å². The van der Waals surface area contributed by atoms with Gasteiger partial charge in [-0.2, -0.15) is 0 Å². The Hall–Kier alpha value is -4.82. The number of nitrogens with two attached hydrogens (primary N) is 3. The Bertz CT molecular complexity index is 1630. The molecule has 2 amide bonds. The molecule has 0 aliphatic heterocycles. The van der Waals surface area contributed by atoms with Gasteiger partial charge in [-0.15, -0.1) is 0 Å². The molecule has 11 N–H and O–H groups in total. The highest BCUT2D eigenvalue weighted by Crippen LogP contribution is 2.57. The number of halogens is 2. The quantitative estimate of drug-likeness (QED) is 0.141. The molecule has 214 valence electrons. The van der Waals surface area contributed by atoms with Crippen LogP contribution in [0, 0.1) is 23.0 Å². The van der Waals surface area contributed by atoms with E-state index in [0.717, 1.165) is 18.2 Å². The summed E-state index contributed by atoms with van der Waals surface area (Å²) in [5, 5.41) is 46.6. The topological polar surface area (TPSA) is 239 Å². The number of aliphatic hydroxyl groups excluding tert-OH is 2. The average Bonchev–Trinajstić information content (AvgIpc) is 2.89. The van der Waals surface area contributed by atoms with Crippen molar-refractivity contribution in [2.75, 3.05) is 12.3 Å². The number of phenolic OH excluding ortho intramolecular Hbond substituents is 1. The number of benzene rings is 2. The molecule has 5 rings (SSSR count).